The molecule has 0 fully saturated rings. The van der Waals surface area contributed by atoms with Gasteiger partial charge in [0.1, 0.15) is 0 Å². The van der Waals surface area contributed by atoms with E-state index in [0.29, 0.717) is 11.4 Å². The molecule has 9 aromatic rings. The van der Waals surface area contributed by atoms with E-state index in [1.165, 1.54) is 0 Å². The van der Waals surface area contributed by atoms with Crippen molar-refractivity contribution in [1.82, 2.24) is 4.57 Å². The lowest BCUT2D eigenvalue weighted by Gasteiger charge is -2.26. The molecule has 1 aromatic heterocycles. The molecular formula is C52H42N2. The van der Waals surface area contributed by atoms with Gasteiger partial charge in [-0.2, -0.15) is 0 Å². The molecule has 0 aliphatic heterocycles. The van der Waals surface area contributed by atoms with E-state index in [4.69, 9.17) is 11.0 Å². The van der Waals surface area contributed by atoms with Gasteiger partial charge in [-0.1, -0.05) is 160 Å². The van der Waals surface area contributed by atoms with E-state index < -0.39 is 24.2 Å². The van der Waals surface area contributed by atoms with Crippen LogP contribution in [0.25, 0.3) is 72.0 Å². The summed E-state index contributed by atoms with van der Waals surface area (Å²) in [6.45, 7) is 6.63. The molecule has 1 N–H and O–H groups in total. The summed E-state index contributed by atoms with van der Waals surface area (Å²) in [5.74, 6) is 0. The average Bonchev–Trinajstić information content (AvgIpc) is 3.66. The van der Waals surface area contributed by atoms with Crippen LogP contribution in [0.4, 0.5) is 11.4 Å². The molecule has 260 valence electrons. The number of fused-ring (bicyclic) bond motifs is 3. The molecular weight excluding hydrogens is 653 g/mol. The number of hydrogen-bond acceptors (Lipinski definition) is 1. The minimum absolute atomic E-state index is 0.0373. The zero-order valence-corrected chi connectivity index (χ0v) is 30.3. The van der Waals surface area contributed by atoms with Crippen LogP contribution < -0.4 is 5.32 Å². The highest BCUT2D eigenvalue weighted by atomic mass is 15.0. The van der Waals surface area contributed by atoms with E-state index in [2.05, 4.69) is 111 Å². The number of para-hydroxylation sites is 2. The maximum atomic E-state index is 9.06. The fraction of sp³-hybridized carbons (Fsp3) is 0.0769. The van der Waals surface area contributed by atoms with E-state index in [9.17, 15) is 0 Å². The first-order valence-corrected chi connectivity index (χ1v) is 18.1. The van der Waals surface area contributed by atoms with Crippen molar-refractivity contribution in [2.75, 3.05) is 5.32 Å². The fourth-order valence-electron chi connectivity index (χ4n) is 7.21. The molecule has 2 heteroatoms. The highest BCUT2D eigenvalue weighted by Gasteiger charge is 2.22. The van der Waals surface area contributed by atoms with Crippen LogP contribution in [0.5, 0.6) is 0 Å². The smallest absolute Gasteiger partial charge is 0.0645 e. The van der Waals surface area contributed by atoms with Gasteiger partial charge >= 0.3 is 0 Å². The first-order chi connectivity index (χ1) is 29.7. The summed E-state index contributed by atoms with van der Waals surface area (Å²) in [6, 6.07) is 46.2. The maximum Gasteiger partial charge on any atom is 0.0645 e. The van der Waals surface area contributed by atoms with Crippen molar-refractivity contribution in [3.8, 4) is 50.2 Å². The minimum Gasteiger partial charge on any atom is -0.354 e. The summed E-state index contributed by atoms with van der Waals surface area (Å²) in [4.78, 5) is 0. The maximum absolute atomic E-state index is 9.06. The number of anilines is 2. The second kappa shape index (κ2) is 13.7. The molecule has 0 atom stereocenters. The van der Waals surface area contributed by atoms with Crippen molar-refractivity contribution in [2.24, 2.45) is 0 Å². The molecule has 2 nitrogen and oxygen atoms in total. The summed E-state index contributed by atoms with van der Waals surface area (Å²) in [5.41, 5.74) is 11.3. The van der Waals surface area contributed by atoms with Gasteiger partial charge in [-0.15, -0.1) is 0 Å². The lowest BCUT2D eigenvalue weighted by atomic mass is 9.81. The Labute approximate surface area is 329 Å². The van der Waals surface area contributed by atoms with Gasteiger partial charge in [0, 0.05) is 33.3 Å². The lowest BCUT2D eigenvalue weighted by Crippen LogP contribution is -2.12. The third kappa shape index (κ3) is 6.27. The topological polar surface area (TPSA) is 17.0 Å². The number of rotatable bonds is 7. The SMILES string of the molecule is [2H]c1c([2H])c([2H])c2c(c1[2H])c1c([2H])c([2H])c([2H])c([2H])c1n2-c1cccc(Nc2c(-c3cccc(-c4ccccc4)c3)cc(C(C)(C)C)cc2-c2cccc(-c3ccccc3)c2)c1. The van der Waals surface area contributed by atoms with E-state index in [-0.39, 0.29) is 51.4 Å². The average molecular weight is 703 g/mol. The van der Waals surface area contributed by atoms with Crippen LogP contribution in [0.1, 0.15) is 37.3 Å². The molecule has 0 amide bonds. The van der Waals surface area contributed by atoms with Gasteiger partial charge in [0.15, 0.2) is 0 Å². The molecule has 0 unspecified atom stereocenters. The molecule has 0 saturated carbocycles. The third-order valence-electron chi connectivity index (χ3n) is 9.97. The van der Waals surface area contributed by atoms with Crippen LogP contribution in [0, 0.1) is 0 Å². The van der Waals surface area contributed by atoms with Gasteiger partial charge in [-0.3, -0.25) is 0 Å². The quantitative estimate of drug-likeness (QED) is 0.175. The Balaban J connectivity index is 1.31. The minimum atomic E-state index is -0.476. The molecule has 0 aliphatic rings. The molecule has 0 saturated heterocycles. The first kappa shape index (κ1) is 25.4. The monoisotopic (exact) mass is 702 g/mol. The van der Waals surface area contributed by atoms with Crippen molar-refractivity contribution in [2.45, 2.75) is 26.2 Å². The molecule has 0 radical (unpaired) electrons. The predicted octanol–water partition coefficient (Wildman–Crippen LogP) is 14.5. The largest absolute Gasteiger partial charge is 0.354 e. The van der Waals surface area contributed by atoms with Crippen molar-refractivity contribution in [3.05, 3.63) is 199 Å². The van der Waals surface area contributed by atoms with E-state index in [1.54, 1.807) is 10.6 Å². The van der Waals surface area contributed by atoms with Gasteiger partial charge in [-0.25, -0.2) is 0 Å². The Bertz CT molecular complexity index is 3040. The summed E-state index contributed by atoms with van der Waals surface area (Å²) in [6.07, 6.45) is 0. The van der Waals surface area contributed by atoms with Gasteiger partial charge in [-0.05, 0) is 98.9 Å². The Morgan fingerprint density at radius 3 is 1.44 bits per heavy atom. The summed E-state index contributed by atoms with van der Waals surface area (Å²) >= 11 is 0. The summed E-state index contributed by atoms with van der Waals surface area (Å²) in [7, 11) is 0. The van der Waals surface area contributed by atoms with Crippen molar-refractivity contribution in [3.63, 3.8) is 0 Å². The van der Waals surface area contributed by atoms with Crippen molar-refractivity contribution >= 4 is 33.2 Å². The van der Waals surface area contributed by atoms with Crippen molar-refractivity contribution < 1.29 is 11.0 Å². The Hall–Kier alpha value is -6.64. The van der Waals surface area contributed by atoms with Crippen LogP contribution in [0.2, 0.25) is 0 Å². The first-order valence-electron chi connectivity index (χ1n) is 22.1. The Kier molecular flexibility index (Phi) is 6.45. The normalized spacial score (nSPS) is 13.7. The fourth-order valence-corrected chi connectivity index (χ4v) is 7.21. The van der Waals surface area contributed by atoms with Crippen LogP contribution in [-0.4, -0.2) is 4.57 Å². The summed E-state index contributed by atoms with van der Waals surface area (Å²) < 4.78 is 71.7. The van der Waals surface area contributed by atoms with Crippen LogP contribution >= 0.6 is 0 Å². The van der Waals surface area contributed by atoms with E-state index in [0.717, 1.165) is 55.8 Å². The number of nitrogens with zero attached hydrogens (tertiary/aromatic N) is 1. The lowest BCUT2D eigenvalue weighted by molar-refractivity contribution is 0.591. The van der Waals surface area contributed by atoms with E-state index in [1.807, 2.05) is 54.6 Å². The van der Waals surface area contributed by atoms with Crippen molar-refractivity contribution in [1.29, 1.82) is 0 Å². The standard InChI is InChI=1S/C52H42N2/c1-52(2,3)42-33-47(40-23-14-21-38(31-40)36-17-6-4-7-18-36)51(48(34-42)41-24-15-22-39(32-41)37-19-8-5-9-20-37)53-43-25-16-26-44(35-43)54-49-29-12-10-27-45(49)46-28-11-13-30-50(46)54/h4-35,53H,1-3H3/i10D,11D,12D,13D,27D,28D,29D,30D. The molecule has 8 aromatic carbocycles. The molecule has 0 bridgehead atoms. The van der Waals surface area contributed by atoms with Crippen LogP contribution in [-0.2, 0) is 5.41 Å². The van der Waals surface area contributed by atoms with Gasteiger partial charge in [0.2, 0.25) is 0 Å². The van der Waals surface area contributed by atoms with Crippen LogP contribution in [0.15, 0.2) is 194 Å². The number of nitrogens with one attached hydrogen (secondary N) is 1. The third-order valence-corrected chi connectivity index (χ3v) is 9.97. The number of hydrogen-bond donors (Lipinski definition) is 1. The number of benzene rings is 8. The second-order valence-electron chi connectivity index (χ2n) is 14.5. The predicted molar refractivity (Wildman–Crippen MR) is 231 cm³/mol. The molecule has 0 aliphatic carbocycles. The molecule has 9 rings (SSSR count). The molecule has 0 spiro atoms. The summed E-state index contributed by atoms with van der Waals surface area (Å²) in [5, 5.41) is 3.89. The zero-order chi connectivity index (χ0) is 43.6. The molecule has 54 heavy (non-hydrogen) atoms. The van der Waals surface area contributed by atoms with E-state index >= 15 is 0 Å². The number of aromatic nitrogens is 1. The highest BCUT2D eigenvalue weighted by molar-refractivity contribution is 6.09. The second-order valence-corrected chi connectivity index (χ2v) is 14.5. The van der Waals surface area contributed by atoms with Gasteiger partial charge < -0.3 is 9.88 Å². The Morgan fingerprint density at radius 2 is 0.926 bits per heavy atom. The van der Waals surface area contributed by atoms with Gasteiger partial charge in [0.25, 0.3) is 0 Å². The molecule has 1 heterocycles. The zero-order valence-electron chi connectivity index (χ0n) is 38.3. The highest BCUT2D eigenvalue weighted by Crippen LogP contribution is 2.44. The van der Waals surface area contributed by atoms with Crippen LogP contribution in [0.3, 0.4) is 0 Å². The Morgan fingerprint density at radius 1 is 0.463 bits per heavy atom. The van der Waals surface area contributed by atoms with Gasteiger partial charge in [0.05, 0.1) is 27.7 Å².